The molecule has 1 aliphatic heterocycles. The molecule has 4 nitrogen and oxygen atoms in total. The van der Waals surface area contributed by atoms with E-state index in [4.69, 9.17) is 4.74 Å². The van der Waals surface area contributed by atoms with E-state index < -0.39 is 0 Å². The molecular formula is C24H32N2O2. The second kappa shape index (κ2) is 10.9. The molecule has 0 N–H and O–H groups in total. The van der Waals surface area contributed by atoms with E-state index in [1.165, 1.54) is 24.8 Å². The quantitative estimate of drug-likeness (QED) is 0.596. The Bertz CT molecular complexity index is 707. The molecule has 1 amide bonds. The van der Waals surface area contributed by atoms with E-state index in [-0.39, 0.29) is 5.91 Å². The summed E-state index contributed by atoms with van der Waals surface area (Å²) >= 11 is 0. The van der Waals surface area contributed by atoms with Crippen LogP contribution in [-0.4, -0.2) is 48.5 Å². The molecule has 0 aromatic heterocycles. The van der Waals surface area contributed by atoms with E-state index >= 15 is 0 Å². The third-order valence-corrected chi connectivity index (χ3v) is 5.28. The van der Waals surface area contributed by atoms with Gasteiger partial charge >= 0.3 is 0 Å². The maximum atomic E-state index is 12.8. The van der Waals surface area contributed by atoms with E-state index in [2.05, 4.69) is 36.1 Å². The number of hydrogen-bond acceptors (Lipinski definition) is 3. The maximum absolute atomic E-state index is 12.8. The van der Waals surface area contributed by atoms with Gasteiger partial charge in [0.1, 0.15) is 5.75 Å². The van der Waals surface area contributed by atoms with Crippen LogP contribution in [0.5, 0.6) is 5.75 Å². The minimum absolute atomic E-state index is 0.119. The average molecular weight is 381 g/mol. The summed E-state index contributed by atoms with van der Waals surface area (Å²) in [4.78, 5) is 17.1. The second-order valence-electron chi connectivity index (χ2n) is 7.49. The van der Waals surface area contributed by atoms with E-state index in [0.717, 1.165) is 57.1 Å². The smallest absolute Gasteiger partial charge is 0.253 e. The molecule has 1 saturated heterocycles. The number of carbonyl (C=O) groups excluding carboxylic acids is 1. The Morgan fingerprint density at radius 3 is 2.29 bits per heavy atom. The summed E-state index contributed by atoms with van der Waals surface area (Å²) in [5.74, 6) is 0.967. The minimum Gasteiger partial charge on any atom is -0.494 e. The molecule has 28 heavy (non-hydrogen) atoms. The molecule has 0 atom stereocenters. The van der Waals surface area contributed by atoms with Gasteiger partial charge in [-0.3, -0.25) is 9.69 Å². The van der Waals surface area contributed by atoms with Gasteiger partial charge in [-0.05, 0) is 36.2 Å². The Labute approximate surface area is 169 Å². The first kappa shape index (κ1) is 20.4. The number of hydrogen-bond donors (Lipinski definition) is 0. The van der Waals surface area contributed by atoms with Gasteiger partial charge in [0.05, 0.1) is 6.61 Å². The van der Waals surface area contributed by atoms with Crippen molar-refractivity contribution in [3.05, 3.63) is 65.7 Å². The molecule has 2 aromatic rings. The van der Waals surface area contributed by atoms with Gasteiger partial charge in [0.25, 0.3) is 5.91 Å². The fraction of sp³-hybridized carbons (Fsp3) is 0.458. The Morgan fingerprint density at radius 2 is 1.61 bits per heavy atom. The first-order valence-corrected chi connectivity index (χ1v) is 10.5. The standard InChI is InChI=1S/C24H32N2O2/c1-2-3-4-8-19-28-23-13-11-22(12-14-23)24(27)26-17-15-25(16-18-26)20-21-9-6-5-7-10-21/h5-7,9-14H,2-4,8,15-20H2,1H3. The number of unbranched alkanes of at least 4 members (excludes halogenated alkanes) is 3. The topological polar surface area (TPSA) is 32.8 Å². The normalized spacial score (nSPS) is 14.8. The zero-order valence-electron chi connectivity index (χ0n) is 17.0. The van der Waals surface area contributed by atoms with Gasteiger partial charge in [-0.2, -0.15) is 0 Å². The first-order chi connectivity index (χ1) is 13.8. The van der Waals surface area contributed by atoms with E-state index in [1.54, 1.807) is 0 Å². The van der Waals surface area contributed by atoms with Gasteiger partial charge in [-0.15, -0.1) is 0 Å². The monoisotopic (exact) mass is 380 g/mol. The summed E-state index contributed by atoms with van der Waals surface area (Å²) in [6, 6.07) is 18.1. The van der Waals surface area contributed by atoms with Crippen molar-refractivity contribution >= 4 is 5.91 Å². The number of nitrogens with zero attached hydrogens (tertiary/aromatic N) is 2. The third kappa shape index (κ3) is 6.10. The van der Waals surface area contributed by atoms with Gasteiger partial charge in [-0.25, -0.2) is 0 Å². The van der Waals surface area contributed by atoms with Crippen molar-refractivity contribution in [1.82, 2.24) is 9.80 Å². The SMILES string of the molecule is CCCCCCOc1ccc(C(=O)N2CCN(Cc3ccccc3)CC2)cc1. The van der Waals surface area contributed by atoms with Crippen molar-refractivity contribution in [3.8, 4) is 5.75 Å². The molecule has 1 fully saturated rings. The number of ether oxygens (including phenoxy) is 1. The number of amides is 1. The van der Waals surface area contributed by atoms with Crippen LogP contribution >= 0.6 is 0 Å². The van der Waals surface area contributed by atoms with Crippen LogP contribution in [0.4, 0.5) is 0 Å². The lowest BCUT2D eigenvalue weighted by Crippen LogP contribution is -2.48. The van der Waals surface area contributed by atoms with E-state index in [1.807, 2.05) is 35.2 Å². The van der Waals surface area contributed by atoms with Crippen molar-refractivity contribution < 1.29 is 9.53 Å². The van der Waals surface area contributed by atoms with Crippen LogP contribution in [-0.2, 0) is 6.54 Å². The molecular weight excluding hydrogens is 348 g/mol. The Hall–Kier alpha value is -2.33. The highest BCUT2D eigenvalue weighted by Crippen LogP contribution is 2.16. The highest BCUT2D eigenvalue weighted by Gasteiger charge is 2.22. The minimum atomic E-state index is 0.119. The van der Waals surface area contributed by atoms with Gasteiger partial charge in [0.15, 0.2) is 0 Å². The van der Waals surface area contributed by atoms with Crippen molar-refractivity contribution in [2.24, 2.45) is 0 Å². The summed E-state index contributed by atoms with van der Waals surface area (Å²) in [5.41, 5.74) is 2.07. The third-order valence-electron chi connectivity index (χ3n) is 5.28. The molecule has 1 aliphatic rings. The number of piperazine rings is 1. The first-order valence-electron chi connectivity index (χ1n) is 10.5. The molecule has 2 aromatic carbocycles. The van der Waals surface area contributed by atoms with Gasteiger partial charge in [0, 0.05) is 38.3 Å². The summed E-state index contributed by atoms with van der Waals surface area (Å²) < 4.78 is 5.77. The van der Waals surface area contributed by atoms with Crippen LogP contribution in [0.3, 0.4) is 0 Å². The highest BCUT2D eigenvalue weighted by atomic mass is 16.5. The lowest BCUT2D eigenvalue weighted by Gasteiger charge is -2.34. The molecule has 1 heterocycles. The number of rotatable bonds is 9. The summed E-state index contributed by atoms with van der Waals surface area (Å²) in [5, 5.41) is 0. The molecule has 0 radical (unpaired) electrons. The fourth-order valence-corrected chi connectivity index (χ4v) is 3.55. The van der Waals surface area contributed by atoms with Gasteiger partial charge < -0.3 is 9.64 Å². The summed E-state index contributed by atoms with van der Waals surface area (Å²) in [6.45, 7) is 7.30. The molecule has 0 bridgehead atoms. The van der Waals surface area contributed by atoms with Crippen molar-refractivity contribution in [3.63, 3.8) is 0 Å². The summed E-state index contributed by atoms with van der Waals surface area (Å²) in [7, 11) is 0. The van der Waals surface area contributed by atoms with Crippen LogP contribution in [0.25, 0.3) is 0 Å². The van der Waals surface area contributed by atoms with E-state index in [0.29, 0.717) is 0 Å². The lowest BCUT2D eigenvalue weighted by atomic mass is 10.1. The van der Waals surface area contributed by atoms with Gasteiger partial charge in [-0.1, -0.05) is 56.5 Å². The molecule has 0 spiro atoms. The van der Waals surface area contributed by atoms with Crippen LogP contribution in [0.15, 0.2) is 54.6 Å². The summed E-state index contributed by atoms with van der Waals surface area (Å²) in [6.07, 6.45) is 4.79. The lowest BCUT2D eigenvalue weighted by molar-refractivity contribution is 0.0628. The zero-order chi connectivity index (χ0) is 19.6. The molecule has 150 valence electrons. The van der Waals surface area contributed by atoms with Crippen LogP contribution < -0.4 is 4.74 Å². The van der Waals surface area contributed by atoms with Crippen LogP contribution in [0.2, 0.25) is 0 Å². The zero-order valence-corrected chi connectivity index (χ0v) is 17.0. The van der Waals surface area contributed by atoms with Crippen molar-refractivity contribution in [2.75, 3.05) is 32.8 Å². The highest BCUT2D eigenvalue weighted by molar-refractivity contribution is 5.94. The van der Waals surface area contributed by atoms with Crippen LogP contribution in [0, 0.1) is 0 Å². The van der Waals surface area contributed by atoms with E-state index in [9.17, 15) is 4.79 Å². The van der Waals surface area contributed by atoms with Crippen molar-refractivity contribution in [2.45, 2.75) is 39.2 Å². The Balaban J connectivity index is 1.43. The Kier molecular flexibility index (Phi) is 7.92. The fourth-order valence-electron chi connectivity index (χ4n) is 3.55. The largest absolute Gasteiger partial charge is 0.494 e. The molecule has 0 aliphatic carbocycles. The number of benzene rings is 2. The second-order valence-corrected chi connectivity index (χ2v) is 7.49. The Morgan fingerprint density at radius 1 is 0.893 bits per heavy atom. The average Bonchev–Trinajstić information content (AvgIpc) is 2.75. The predicted molar refractivity (Wildman–Crippen MR) is 114 cm³/mol. The molecule has 0 unspecified atom stereocenters. The van der Waals surface area contributed by atoms with Crippen LogP contribution in [0.1, 0.15) is 48.5 Å². The van der Waals surface area contributed by atoms with Crippen molar-refractivity contribution in [1.29, 1.82) is 0 Å². The number of carbonyl (C=O) groups is 1. The predicted octanol–water partition coefficient (Wildman–Crippen LogP) is 4.60. The van der Waals surface area contributed by atoms with Gasteiger partial charge in [0.2, 0.25) is 0 Å². The molecule has 4 heteroatoms. The molecule has 3 rings (SSSR count). The maximum Gasteiger partial charge on any atom is 0.253 e. The molecule has 0 saturated carbocycles.